The highest BCUT2D eigenvalue weighted by molar-refractivity contribution is 7.25. The monoisotopic (exact) mass is 806 g/mol. The third-order valence-electron chi connectivity index (χ3n) is 12.6. The Morgan fingerprint density at radius 3 is 1.60 bits per heavy atom. The first-order valence-electron chi connectivity index (χ1n) is 21.1. The molecule has 1 aliphatic rings. The number of hydrogen-bond donors (Lipinski definition) is 0. The van der Waals surface area contributed by atoms with E-state index in [2.05, 4.69) is 212 Å². The smallest absolute Gasteiger partial charge is 0.160 e. The molecule has 11 aromatic rings. The molecule has 2 nitrogen and oxygen atoms in total. The lowest BCUT2D eigenvalue weighted by Gasteiger charge is -2.34. The van der Waals surface area contributed by atoms with Gasteiger partial charge in [-0.25, -0.2) is 9.97 Å². The van der Waals surface area contributed by atoms with Crippen LogP contribution in [-0.2, 0) is 5.41 Å². The van der Waals surface area contributed by atoms with E-state index in [0.717, 1.165) is 33.6 Å². The molecule has 0 atom stereocenters. The molecular formula is C59H38N2S. The summed E-state index contributed by atoms with van der Waals surface area (Å²) in [5, 5.41) is 2.53. The summed E-state index contributed by atoms with van der Waals surface area (Å²) in [5.74, 6) is 0.712. The second-order valence-electron chi connectivity index (χ2n) is 16.1. The van der Waals surface area contributed by atoms with Crippen molar-refractivity contribution >= 4 is 31.5 Å². The van der Waals surface area contributed by atoms with Gasteiger partial charge in [0.15, 0.2) is 5.82 Å². The Hall–Kier alpha value is -7.72. The maximum atomic E-state index is 5.18. The molecule has 0 N–H and O–H groups in total. The van der Waals surface area contributed by atoms with Gasteiger partial charge < -0.3 is 0 Å². The molecule has 62 heavy (non-hydrogen) atoms. The zero-order valence-electron chi connectivity index (χ0n) is 33.7. The maximum Gasteiger partial charge on any atom is 0.160 e. The second-order valence-corrected chi connectivity index (χ2v) is 17.1. The number of hydrogen-bond acceptors (Lipinski definition) is 3. The topological polar surface area (TPSA) is 25.8 Å². The van der Waals surface area contributed by atoms with Crippen LogP contribution in [0.1, 0.15) is 22.3 Å². The fourth-order valence-corrected chi connectivity index (χ4v) is 10.8. The van der Waals surface area contributed by atoms with Crippen molar-refractivity contribution in [3.63, 3.8) is 0 Å². The molecule has 0 fully saturated rings. The van der Waals surface area contributed by atoms with E-state index >= 15 is 0 Å². The summed E-state index contributed by atoms with van der Waals surface area (Å²) in [5.41, 5.74) is 16.8. The zero-order chi connectivity index (χ0) is 41.0. The Balaban J connectivity index is 1.000. The van der Waals surface area contributed by atoms with Crippen molar-refractivity contribution in [2.45, 2.75) is 5.41 Å². The van der Waals surface area contributed by atoms with Gasteiger partial charge in [0.2, 0.25) is 0 Å². The van der Waals surface area contributed by atoms with Crippen LogP contribution < -0.4 is 0 Å². The third kappa shape index (κ3) is 5.85. The second kappa shape index (κ2) is 14.8. The van der Waals surface area contributed by atoms with E-state index in [-0.39, 0.29) is 0 Å². The van der Waals surface area contributed by atoms with E-state index in [4.69, 9.17) is 9.97 Å². The molecular weight excluding hydrogens is 769 g/mol. The van der Waals surface area contributed by atoms with Gasteiger partial charge >= 0.3 is 0 Å². The van der Waals surface area contributed by atoms with E-state index in [1.165, 1.54) is 70.2 Å². The van der Waals surface area contributed by atoms with Crippen molar-refractivity contribution in [2.75, 3.05) is 0 Å². The number of fused-ring (bicyclic) bond motifs is 6. The van der Waals surface area contributed by atoms with Gasteiger partial charge in [-0.3, -0.25) is 0 Å². The van der Waals surface area contributed by atoms with Crippen LogP contribution in [0.3, 0.4) is 0 Å². The van der Waals surface area contributed by atoms with Gasteiger partial charge in [-0.1, -0.05) is 200 Å². The Labute approximate surface area is 365 Å². The molecule has 2 heterocycles. The predicted octanol–water partition coefficient (Wildman–Crippen LogP) is 15.5. The Kier molecular flexibility index (Phi) is 8.62. The zero-order valence-corrected chi connectivity index (χ0v) is 34.6. The van der Waals surface area contributed by atoms with Crippen molar-refractivity contribution < 1.29 is 0 Å². The van der Waals surface area contributed by atoms with Crippen LogP contribution in [0.5, 0.6) is 0 Å². The molecule has 3 heteroatoms. The molecule has 0 saturated heterocycles. The molecule has 0 bridgehead atoms. The first-order chi connectivity index (χ1) is 30.7. The summed E-state index contributed by atoms with van der Waals surface area (Å²) in [6.45, 7) is 0. The van der Waals surface area contributed by atoms with Gasteiger partial charge in [0, 0.05) is 36.9 Å². The fraction of sp³-hybridized carbons (Fsp3) is 0.0169. The minimum absolute atomic E-state index is 0.516. The highest BCUT2D eigenvalue weighted by Crippen LogP contribution is 2.59. The number of thiophene rings is 1. The first-order valence-corrected chi connectivity index (χ1v) is 22.0. The normalized spacial score (nSPS) is 12.6. The molecule has 290 valence electrons. The van der Waals surface area contributed by atoms with E-state index in [1.807, 2.05) is 29.5 Å². The lowest BCUT2D eigenvalue weighted by molar-refractivity contribution is 0.769. The van der Waals surface area contributed by atoms with Crippen LogP contribution in [0, 0.1) is 0 Å². The van der Waals surface area contributed by atoms with Crippen LogP contribution in [0.25, 0.3) is 87.5 Å². The van der Waals surface area contributed by atoms with E-state index in [9.17, 15) is 0 Å². The average Bonchev–Trinajstić information content (AvgIpc) is 3.88. The first kappa shape index (κ1) is 36.2. The van der Waals surface area contributed by atoms with Crippen molar-refractivity contribution in [1.82, 2.24) is 9.97 Å². The fourth-order valence-electron chi connectivity index (χ4n) is 9.75. The van der Waals surface area contributed by atoms with E-state index in [0.29, 0.717) is 5.82 Å². The molecule has 0 aliphatic heterocycles. The van der Waals surface area contributed by atoms with Crippen molar-refractivity contribution in [1.29, 1.82) is 0 Å². The molecule has 0 radical (unpaired) electrons. The maximum absolute atomic E-state index is 5.18. The number of benzene rings is 9. The number of nitrogens with zero attached hydrogens (tertiary/aromatic N) is 2. The van der Waals surface area contributed by atoms with Gasteiger partial charge in [0.1, 0.15) is 0 Å². The van der Waals surface area contributed by atoms with Crippen LogP contribution >= 0.6 is 11.3 Å². The van der Waals surface area contributed by atoms with Gasteiger partial charge in [-0.2, -0.15) is 0 Å². The molecule has 0 saturated carbocycles. The summed E-state index contributed by atoms with van der Waals surface area (Å²) in [6, 6.07) is 83.6. The molecule has 1 aliphatic carbocycles. The summed E-state index contributed by atoms with van der Waals surface area (Å²) in [4.78, 5) is 10.4. The van der Waals surface area contributed by atoms with E-state index < -0.39 is 5.41 Å². The van der Waals surface area contributed by atoms with Gasteiger partial charge in [0.25, 0.3) is 0 Å². The standard InChI is InChI=1S/C59H38N2S/c1-5-16-40(17-6-1)47-25-15-26-51-57(47)49-34-32-43(37-52(49)59(51,45-20-9-3-10-21-45)46-22-11-4-12-23-46)39-28-30-41(31-29-39)53-38-54(61-58(60-53)42-18-7-2-8-19-42)44-33-35-56-50(36-44)48-24-13-14-27-55(48)62-56/h1-38H. The highest BCUT2D eigenvalue weighted by atomic mass is 32.1. The minimum atomic E-state index is -0.516. The Morgan fingerprint density at radius 1 is 0.323 bits per heavy atom. The van der Waals surface area contributed by atoms with Gasteiger partial charge in [0.05, 0.1) is 16.8 Å². The van der Waals surface area contributed by atoms with Gasteiger partial charge in [-0.05, 0) is 86.0 Å². The quantitative estimate of drug-likeness (QED) is 0.160. The Morgan fingerprint density at radius 2 is 0.887 bits per heavy atom. The SMILES string of the molecule is c1ccc(-c2nc(-c3ccc(-c4ccc5c(c4)C(c4ccccc4)(c4ccccc4)c4cccc(-c6ccccc6)c4-5)cc3)cc(-c3ccc4sc5ccccc5c4c3)n2)cc1. The van der Waals surface area contributed by atoms with Crippen LogP contribution in [0.4, 0.5) is 0 Å². The number of rotatable bonds is 7. The summed E-state index contributed by atoms with van der Waals surface area (Å²) in [6.07, 6.45) is 0. The minimum Gasteiger partial charge on any atom is -0.228 e. The van der Waals surface area contributed by atoms with Crippen LogP contribution in [-0.4, -0.2) is 9.97 Å². The molecule has 0 unspecified atom stereocenters. The molecule has 0 spiro atoms. The molecule has 12 rings (SSSR count). The molecule has 2 aromatic heterocycles. The lowest BCUT2D eigenvalue weighted by atomic mass is 9.67. The largest absolute Gasteiger partial charge is 0.228 e. The van der Waals surface area contributed by atoms with Crippen LogP contribution in [0.15, 0.2) is 231 Å². The van der Waals surface area contributed by atoms with Crippen molar-refractivity contribution in [2.24, 2.45) is 0 Å². The summed E-state index contributed by atoms with van der Waals surface area (Å²) < 4.78 is 2.57. The predicted molar refractivity (Wildman–Crippen MR) is 259 cm³/mol. The number of aromatic nitrogens is 2. The summed E-state index contributed by atoms with van der Waals surface area (Å²) >= 11 is 1.83. The van der Waals surface area contributed by atoms with Crippen molar-refractivity contribution in [3.05, 3.63) is 253 Å². The average molecular weight is 807 g/mol. The third-order valence-corrected chi connectivity index (χ3v) is 13.8. The molecule has 9 aromatic carbocycles. The molecule has 0 amide bonds. The Bertz CT molecular complexity index is 3390. The van der Waals surface area contributed by atoms with Crippen molar-refractivity contribution in [3.8, 4) is 67.3 Å². The van der Waals surface area contributed by atoms with Crippen LogP contribution in [0.2, 0.25) is 0 Å². The lowest BCUT2D eigenvalue weighted by Crippen LogP contribution is -2.28. The van der Waals surface area contributed by atoms with E-state index in [1.54, 1.807) is 0 Å². The summed E-state index contributed by atoms with van der Waals surface area (Å²) in [7, 11) is 0. The van der Waals surface area contributed by atoms with Gasteiger partial charge in [-0.15, -0.1) is 11.3 Å². The highest BCUT2D eigenvalue weighted by Gasteiger charge is 2.47.